The maximum atomic E-state index is 10.5. The first-order chi connectivity index (χ1) is 7.06. The highest BCUT2D eigenvalue weighted by atomic mass is 16.6. The van der Waals surface area contributed by atoms with Crippen molar-refractivity contribution in [3.63, 3.8) is 0 Å². The van der Waals surface area contributed by atoms with Crippen LogP contribution in [0.4, 0.5) is 5.69 Å². The van der Waals surface area contributed by atoms with Crippen LogP contribution in [0, 0.1) is 21.4 Å². The molecule has 0 fully saturated rings. The molecule has 0 heterocycles. The van der Waals surface area contributed by atoms with Gasteiger partial charge in [0.05, 0.1) is 16.7 Å². The third-order valence-electron chi connectivity index (χ3n) is 1.94. The topological polar surface area (TPSA) is 93.0 Å². The summed E-state index contributed by atoms with van der Waals surface area (Å²) in [6.07, 6.45) is 0. The lowest BCUT2D eigenvalue weighted by atomic mass is 10.1. The number of hydrogen-bond acceptors (Lipinski definition) is 4. The molecule has 15 heavy (non-hydrogen) atoms. The fraction of sp³-hybridized carbons (Fsp3) is 0.100. The summed E-state index contributed by atoms with van der Waals surface area (Å²) in [4.78, 5) is 10.00. The lowest BCUT2D eigenvalue weighted by Gasteiger charge is -2.01. The van der Waals surface area contributed by atoms with Crippen molar-refractivity contribution in [3.05, 3.63) is 45.5 Å². The van der Waals surface area contributed by atoms with Crippen LogP contribution in [0.25, 0.3) is 5.70 Å². The molecule has 0 saturated heterocycles. The van der Waals surface area contributed by atoms with E-state index in [0.717, 1.165) is 0 Å². The molecule has 0 amide bonds. The molecule has 76 valence electrons. The normalized spacial score (nSPS) is 11.5. The summed E-state index contributed by atoms with van der Waals surface area (Å²) in [6.45, 7) is 1.56. The van der Waals surface area contributed by atoms with E-state index < -0.39 is 4.92 Å². The molecule has 0 radical (unpaired) electrons. The quantitative estimate of drug-likeness (QED) is 0.450. The van der Waals surface area contributed by atoms with Gasteiger partial charge in [-0.3, -0.25) is 10.1 Å². The van der Waals surface area contributed by atoms with Gasteiger partial charge < -0.3 is 5.73 Å². The molecule has 2 N–H and O–H groups in total. The van der Waals surface area contributed by atoms with E-state index in [9.17, 15) is 10.1 Å². The molecule has 1 aromatic carbocycles. The Balaban J connectivity index is 3.24. The zero-order valence-electron chi connectivity index (χ0n) is 8.10. The highest BCUT2D eigenvalue weighted by Crippen LogP contribution is 2.18. The summed E-state index contributed by atoms with van der Waals surface area (Å²) in [6, 6.07) is 7.77. The van der Waals surface area contributed by atoms with Crippen LogP contribution in [0.2, 0.25) is 0 Å². The monoisotopic (exact) mass is 203 g/mol. The number of allylic oxidation sites excluding steroid dienone is 1. The Morgan fingerprint density at radius 3 is 2.80 bits per heavy atom. The molecule has 0 atom stereocenters. The summed E-state index contributed by atoms with van der Waals surface area (Å²) < 4.78 is 0. The Morgan fingerprint density at radius 2 is 2.27 bits per heavy atom. The minimum atomic E-state index is -0.502. The van der Waals surface area contributed by atoms with Crippen molar-refractivity contribution in [2.45, 2.75) is 6.92 Å². The maximum absolute atomic E-state index is 10.5. The van der Waals surface area contributed by atoms with Crippen molar-refractivity contribution in [3.8, 4) is 6.07 Å². The second-order valence-electron chi connectivity index (χ2n) is 2.96. The SMILES string of the molecule is C/C(C#N)=C(/N)c1cccc([N+](=O)[O-])c1. The number of nitriles is 1. The number of nitro groups is 1. The van der Waals surface area contributed by atoms with Crippen molar-refractivity contribution in [2.75, 3.05) is 0 Å². The third kappa shape index (κ3) is 2.31. The predicted molar refractivity (Wildman–Crippen MR) is 55.5 cm³/mol. The average Bonchev–Trinajstić information content (AvgIpc) is 2.27. The molecule has 5 heteroatoms. The highest BCUT2D eigenvalue weighted by molar-refractivity contribution is 5.69. The maximum Gasteiger partial charge on any atom is 0.270 e. The summed E-state index contributed by atoms with van der Waals surface area (Å²) >= 11 is 0. The molecule has 0 aliphatic rings. The van der Waals surface area contributed by atoms with Gasteiger partial charge in [-0.25, -0.2) is 0 Å². The largest absolute Gasteiger partial charge is 0.397 e. The number of hydrogen-bond donors (Lipinski definition) is 1. The van der Waals surface area contributed by atoms with E-state index in [1.54, 1.807) is 13.0 Å². The van der Waals surface area contributed by atoms with Crippen molar-refractivity contribution in [2.24, 2.45) is 5.73 Å². The van der Waals surface area contributed by atoms with Crippen LogP contribution in [0.3, 0.4) is 0 Å². The van der Waals surface area contributed by atoms with Crippen molar-refractivity contribution < 1.29 is 4.92 Å². The molecular formula is C10H9N3O2. The van der Waals surface area contributed by atoms with Crippen LogP contribution >= 0.6 is 0 Å². The predicted octanol–water partition coefficient (Wildman–Crippen LogP) is 1.81. The molecule has 0 aliphatic carbocycles. The Morgan fingerprint density at radius 1 is 1.60 bits per heavy atom. The molecular weight excluding hydrogens is 194 g/mol. The average molecular weight is 203 g/mol. The second kappa shape index (κ2) is 4.24. The lowest BCUT2D eigenvalue weighted by molar-refractivity contribution is -0.384. The second-order valence-corrected chi connectivity index (χ2v) is 2.96. The summed E-state index contributed by atoms with van der Waals surface area (Å²) in [5.41, 5.74) is 6.71. The van der Waals surface area contributed by atoms with E-state index >= 15 is 0 Å². The van der Waals surface area contributed by atoms with Crippen LogP contribution in [0.5, 0.6) is 0 Å². The van der Waals surface area contributed by atoms with Gasteiger partial charge in [-0.1, -0.05) is 12.1 Å². The van der Waals surface area contributed by atoms with E-state index in [-0.39, 0.29) is 11.4 Å². The van der Waals surface area contributed by atoms with Crippen molar-refractivity contribution in [1.82, 2.24) is 0 Å². The minimum absolute atomic E-state index is 0.0406. The first-order valence-electron chi connectivity index (χ1n) is 4.17. The number of nitrogens with zero attached hydrogens (tertiary/aromatic N) is 2. The van der Waals surface area contributed by atoms with Crippen LogP contribution in [0.1, 0.15) is 12.5 Å². The van der Waals surface area contributed by atoms with Gasteiger partial charge in [-0.05, 0) is 6.92 Å². The Bertz CT molecular complexity index is 472. The molecule has 0 spiro atoms. The molecule has 0 aliphatic heterocycles. The molecule has 0 saturated carbocycles. The Hall–Kier alpha value is -2.35. The van der Waals surface area contributed by atoms with Crippen LogP contribution < -0.4 is 5.73 Å². The molecule has 0 bridgehead atoms. The summed E-state index contributed by atoms with van der Waals surface area (Å²) in [5.74, 6) is 0. The first kappa shape index (κ1) is 10.7. The number of rotatable bonds is 2. The van der Waals surface area contributed by atoms with E-state index in [1.165, 1.54) is 18.2 Å². The fourth-order valence-electron chi connectivity index (χ4n) is 1.06. The zero-order valence-corrected chi connectivity index (χ0v) is 8.10. The third-order valence-corrected chi connectivity index (χ3v) is 1.94. The van der Waals surface area contributed by atoms with Gasteiger partial charge in [0, 0.05) is 23.3 Å². The summed E-state index contributed by atoms with van der Waals surface area (Å²) in [7, 11) is 0. The smallest absolute Gasteiger partial charge is 0.270 e. The van der Waals surface area contributed by atoms with E-state index in [2.05, 4.69) is 0 Å². The standard InChI is InChI=1S/C10H9N3O2/c1-7(6-11)10(12)8-3-2-4-9(5-8)13(14)15/h2-5H,12H2,1H3/b10-7-. The molecule has 0 unspecified atom stereocenters. The molecule has 1 aromatic rings. The van der Waals surface area contributed by atoms with E-state index in [4.69, 9.17) is 11.0 Å². The van der Waals surface area contributed by atoms with Crippen molar-refractivity contribution >= 4 is 11.4 Å². The van der Waals surface area contributed by atoms with Gasteiger partial charge in [0.15, 0.2) is 0 Å². The Labute approximate surface area is 86.6 Å². The number of benzene rings is 1. The van der Waals surface area contributed by atoms with Gasteiger partial charge >= 0.3 is 0 Å². The van der Waals surface area contributed by atoms with Crippen LogP contribution in [-0.2, 0) is 0 Å². The van der Waals surface area contributed by atoms with Crippen LogP contribution in [0.15, 0.2) is 29.8 Å². The minimum Gasteiger partial charge on any atom is -0.397 e. The zero-order chi connectivity index (χ0) is 11.4. The van der Waals surface area contributed by atoms with Crippen LogP contribution in [-0.4, -0.2) is 4.92 Å². The van der Waals surface area contributed by atoms with Gasteiger partial charge in [0.1, 0.15) is 0 Å². The molecule has 1 rings (SSSR count). The Kier molecular flexibility index (Phi) is 3.03. The van der Waals surface area contributed by atoms with Gasteiger partial charge in [-0.15, -0.1) is 0 Å². The molecule has 0 aromatic heterocycles. The highest BCUT2D eigenvalue weighted by Gasteiger charge is 2.08. The van der Waals surface area contributed by atoms with Crippen molar-refractivity contribution in [1.29, 1.82) is 5.26 Å². The van der Waals surface area contributed by atoms with E-state index in [1.807, 2.05) is 6.07 Å². The summed E-state index contributed by atoms with van der Waals surface area (Å²) in [5, 5.41) is 19.1. The fourth-order valence-corrected chi connectivity index (χ4v) is 1.06. The number of nitrogens with two attached hydrogens (primary N) is 1. The molecule has 5 nitrogen and oxygen atoms in total. The van der Waals surface area contributed by atoms with Gasteiger partial charge in [0.2, 0.25) is 0 Å². The number of non-ortho nitro benzene ring substituents is 1. The lowest BCUT2D eigenvalue weighted by Crippen LogP contribution is -2.00. The number of nitro benzene ring substituents is 1. The van der Waals surface area contributed by atoms with Gasteiger partial charge in [-0.2, -0.15) is 5.26 Å². The van der Waals surface area contributed by atoms with E-state index in [0.29, 0.717) is 11.1 Å². The van der Waals surface area contributed by atoms with Gasteiger partial charge in [0.25, 0.3) is 5.69 Å². The first-order valence-corrected chi connectivity index (χ1v) is 4.17.